The zero-order valence-corrected chi connectivity index (χ0v) is 20.3. The Morgan fingerprint density at radius 3 is 1.27 bits per heavy atom. The average Bonchev–Trinajstić information content (AvgIpc) is 2.75. The molecule has 0 bridgehead atoms. The number of rotatable bonds is 24. The molecular weight excluding hydrogens is 424 g/mol. The van der Waals surface area contributed by atoms with E-state index in [0.29, 0.717) is 12.8 Å². The van der Waals surface area contributed by atoms with Gasteiger partial charge < -0.3 is 21.3 Å². The van der Waals surface area contributed by atoms with Gasteiger partial charge in [-0.3, -0.25) is 14.4 Å². The van der Waals surface area contributed by atoms with Crippen LogP contribution >= 0.6 is 0 Å². The Morgan fingerprint density at radius 1 is 0.576 bits per heavy atom. The number of carboxylic acids is 2. The lowest BCUT2D eigenvalue weighted by atomic mass is 10.0. The minimum Gasteiger partial charge on any atom is -0.481 e. The van der Waals surface area contributed by atoms with Crippen molar-refractivity contribution >= 4 is 23.8 Å². The molecule has 1 atom stereocenters. The van der Waals surface area contributed by atoms with Crippen LogP contribution in [-0.4, -0.2) is 40.0 Å². The number of aliphatic carboxylic acids is 2. The predicted octanol–water partition coefficient (Wildman–Crippen LogP) is 4.93. The van der Waals surface area contributed by atoms with Gasteiger partial charge >= 0.3 is 11.9 Å². The number of hydrogen-bond acceptors (Lipinski definition) is 4. The number of primary amides is 1. The molecule has 5 N–H and O–H groups in total. The molecule has 0 aromatic carbocycles. The third-order valence-electron chi connectivity index (χ3n) is 5.86. The quantitative estimate of drug-likeness (QED) is 0.147. The van der Waals surface area contributed by atoms with Gasteiger partial charge in [-0.2, -0.15) is 0 Å². The van der Waals surface area contributed by atoms with Crippen LogP contribution in [0.2, 0.25) is 0 Å². The maximum Gasteiger partial charge on any atom is 0.326 e. The fourth-order valence-corrected chi connectivity index (χ4v) is 3.85. The summed E-state index contributed by atoms with van der Waals surface area (Å²) in [5.74, 6) is -2.70. The van der Waals surface area contributed by atoms with E-state index in [1.165, 1.54) is 64.2 Å². The average molecular weight is 471 g/mol. The highest BCUT2D eigenvalue weighted by Crippen LogP contribution is 2.14. The molecule has 8 nitrogen and oxygen atoms in total. The Kier molecular flexibility index (Phi) is 20.3. The van der Waals surface area contributed by atoms with Crippen molar-refractivity contribution in [2.75, 3.05) is 0 Å². The standard InChI is InChI=1S/C25H46N2O6/c26-22(28)20-19-21(25(32)33)27-23(29)17-15-13-11-9-7-5-3-1-2-4-6-8-10-12-14-16-18-24(30)31/h21H,1-20H2,(H2,26,28)(H,27,29)(H,30,31)(H,32,33). The van der Waals surface area contributed by atoms with Crippen molar-refractivity contribution in [2.45, 2.75) is 134 Å². The van der Waals surface area contributed by atoms with Crippen LogP contribution in [-0.2, 0) is 19.2 Å². The summed E-state index contributed by atoms with van der Waals surface area (Å²) in [4.78, 5) is 44.2. The largest absolute Gasteiger partial charge is 0.481 e. The first-order chi connectivity index (χ1) is 15.8. The molecular formula is C25H46N2O6. The van der Waals surface area contributed by atoms with Crippen molar-refractivity contribution in [3.8, 4) is 0 Å². The molecule has 0 aromatic heterocycles. The summed E-state index contributed by atoms with van der Waals surface area (Å²) in [6.45, 7) is 0. The van der Waals surface area contributed by atoms with E-state index < -0.39 is 23.9 Å². The molecule has 0 aromatic rings. The van der Waals surface area contributed by atoms with Crippen LogP contribution in [0, 0.1) is 0 Å². The van der Waals surface area contributed by atoms with Crippen molar-refractivity contribution in [2.24, 2.45) is 5.73 Å². The molecule has 8 heteroatoms. The van der Waals surface area contributed by atoms with E-state index in [-0.39, 0.29) is 18.7 Å². The second-order valence-corrected chi connectivity index (χ2v) is 9.01. The summed E-state index contributed by atoms with van der Waals surface area (Å²) >= 11 is 0. The van der Waals surface area contributed by atoms with Gasteiger partial charge in [0.25, 0.3) is 0 Å². The Hall–Kier alpha value is -2.12. The summed E-state index contributed by atoms with van der Waals surface area (Å²) in [5, 5.41) is 20.1. The highest BCUT2D eigenvalue weighted by Gasteiger charge is 2.20. The highest BCUT2D eigenvalue weighted by atomic mass is 16.4. The van der Waals surface area contributed by atoms with Crippen molar-refractivity contribution in [1.82, 2.24) is 5.32 Å². The van der Waals surface area contributed by atoms with E-state index in [9.17, 15) is 19.2 Å². The lowest BCUT2D eigenvalue weighted by Gasteiger charge is -2.13. The topological polar surface area (TPSA) is 147 Å². The van der Waals surface area contributed by atoms with Crippen LogP contribution in [0.25, 0.3) is 0 Å². The minimum atomic E-state index is -1.14. The van der Waals surface area contributed by atoms with Gasteiger partial charge in [-0.1, -0.05) is 89.9 Å². The van der Waals surface area contributed by atoms with E-state index >= 15 is 0 Å². The molecule has 2 amide bonds. The molecule has 0 heterocycles. The predicted molar refractivity (Wildman–Crippen MR) is 129 cm³/mol. The van der Waals surface area contributed by atoms with E-state index in [1.54, 1.807) is 0 Å². The van der Waals surface area contributed by atoms with Crippen LogP contribution < -0.4 is 11.1 Å². The van der Waals surface area contributed by atoms with Gasteiger partial charge in [0.05, 0.1) is 0 Å². The zero-order chi connectivity index (χ0) is 24.7. The molecule has 192 valence electrons. The molecule has 0 aliphatic heterocycles. The van der Waals surface area contributed by atoms with Gasteiger partial charge in [0.15, 0.2) is 0 Å². The number of amides is 2. The normalized spacial score (nSPS) is 11.8. The Bertz CT molecular complexity index is 553. The van der Waals surface area contributed by atoms with Crippen molar-refractivity contribution in [1.29, 1.82) is 0 Å². The van der Waals surface area contributed by atoms with Gasteiger partial charge in [0.2, 0.25) is 11.8 Å². The number of hydrogen-bond donors (Lipinski definition) is 4. The summed E-state index contributed by atoms with van der Waals surface area (Å²) in [5.41, 5.74) is 5.03. The van der Waals surface area contributed by atoms with Crippen LogP contribution in [0.5, 0.6) is 0 Å². The first-order valence-corrected chi connectivity index (χ1v) is 12.8. The maximum atomic E-state index is 11.9. The zero-order valence-electron chi connectivity index (χ0n) is 20.3. The Labute approximate surface area is 199 Å². The van der Waals surface area contributed by atoms with E-state index in [2.05, 4.69) is 5.32 Å². The van der Waals surface area contributed by atoms with Crippen LogP contribution in [0.3, 0.4) is 0 Å². The number of carboxylic acid groups (broad SMARTS) is 2. The van der Waals surface area contributed by atoms with Gasteiger partial charge in [-0.05, 0) is 19.3 Å². The van der Waals surface area contributed by atoms with E-state index in [1.807, 2.05) is 0 Å². The Morgan fingerprint density at radius 2 is 0.939 bits per heavy atom. The molecule has 0 spiro atoms. The maximum absolute atomic E-state index is 11.9. The molecule has 33 heavy (non-hydrogen) atoms. The van der Waals surface area contributed by atoms with Crippen molar-refractivity contribution in [3.63, 3.8) is 0 Å². The molecule has 0 fully saturated rings. The molecule has 0 saturated heterocycles. The Balaban J connectivity index is 3.39. The second-order valence-electron chi connectivity index (χ2n) is 9.01. The third kappa shape index (κ3) is 22.9. The smallest absolute Gasteiger partial charge is 0.326 e. The fraction of sp³-hybridized carbons (Fsp3) is 0.840. The summed E-state index contributed by atoms with van der Waals surface area (Å²) < 4.78 is 0. The lowest BCUT2D eigenvalue weighted by Crippen LogP contribution is -2.41. The number of nitrogens with one attached hydrogen (secondary N) is 1. The molecule has 0 rings (SSSR count). The molecule has 0 saturated carbocycles. The second kappa shape index (κ2) is 21.7. The SMILES string of the molecule is NC(=O)CCC(NC(=O)CCCCCCCCCCCCCCCCCCC(=O)O)C(=O)O. The minimum absolute atomic E-state index is 0.0204. The number of nitrogens with two attached hydrogens (primary N) is 1. The third-order valence-corrected chi connectivity index (χ3v) is 5.86. The van der Waals surface area contributed by atoms with Gasteiger partial charge in [0, 0.05) is 19.3 Å². The van der Waals surface area contributed by atoms with Gasteiger partial charge in [-0.15, -0.1) is 0 Å². The van der Waals surface area contributed by atoms with E-state index in [0.717, 1.165) is 38.5 Å². The summed E-state index contributed by atoms with van der Waals surface area (Å²) in [7, 11) is 0. The molecule has 0 aliphatic carbocycles. The summed E-state index contributed by atoms with van der Waals surface area (Å²) in [6, 6.07) is -1.06. The lowest BCUT2D eigenvalue weighted by molar-refractivity contribution is -0.142. The molecule has 0 radical (unpaired) electrons. The number of carbonyl (C=O) groups excluding carboxylic acids is 2. The number of carbonyl (C=O) groups is 4. The monoisotopic (exact) mass is 470 g/mol. The van der Waals surface area contributed by atoms with Gasteiger partial charge in [0.1, 0.15) is 6.04 Å². The van der Waals surface area contributed by atoms with Crippen LogP contribution in [0.1, 0.15) is 128 Å². The highest BCUT2D eigenvalue weighted by molar-refractivity contribution is 5.84. The first kappa shape index (κ1) is 30.9. The fourth-order valence-electron chi connectivity index (χ4n) is 3.85. The van der Waals surface area contributed by atoms with Crippen LogP contribution in [0.4, 0.5) is 0 Å². The van der Waals surface area contributed by atoms with E-state index in [4.69, 9.17) is 15.9 Å². The molecule has 1 unspecified atom stereocenters. The van der Waals surface area contributed by atoms with Gasteiger partial charge in [-0.25, -0.2) is 4.79 Å². The first-order valence-electron chi connectivity index (χ1n) is 12.8. The van der Waals surface area contributed by atoms with Crippen LogP contribution in [0.15, 0.2) is 0 Å². The number of unbranched alkanes of at least 4 members (excludes halogenated alkanes) is 15. The molecule has 0 aliphatic rings. The van der Waals surface area contributed by atoms with Crippen molar-refractivity contribution < 1.29 is 29.4 Å². The van der Waals surface area contributed by atoms with Crippen molar-refractivity contribution in [3.05, 3.63) is 0 Å². The summed E-state index contributed by atoms with van der Waals surface area (Å²) in [6.07, 6.45) is 18.9.